The zero-order valence-corrected chi connectivity index (χ0v) is 11.1. The van der Waals surface area contributed by atoms with E-state index in [0.29, 0.717) is 12.0 Å². The van der Waals surface area contributed by atoms with Crippen molar-refractivity contribution in [3.63, 3.8) is 0 Å². The largest absolute Gasteiger partial charge is 0.512 e. The van der Waals surface area contributed by atoms with Crippen LogP contribution in [0.1, 0.15) is 55.8 Å². The molecule has 0 amide bonds. The third-order valence-corrected chi connectivity index (χ3v) is 2.89. The van der Waals surface area contributed by atoms with Gasteiger partial charge in [-0.2, -0.15) is 0 Å². The van der Waals surface area contributed by atoms with Crippen LogP contribution in [0, 0.1) is 0 Å². The summed E-state index contributed by atoms with van der Waals surface area (Å²) in [5.41, 5.74) is 0.620. The molecule has 0 spiro atoms. The Kier molecular flexibility index (Phi) is 6.85. The first-order valence-corrected chi connectivity index (χ1v) is 6.73. The van der Waals surface area contributed by atoms with Gasteiger partial charge < -0.3 is 5.11 Å². The van der Waals surface area contributed by atoms with Crippen LogP contribution < -0.4 is 0 Å². The molecule has 0 bridgehead atoms. The van der Waals surface area contributed by atoms with Crippen molar-refractivity contribution in [1.82, 2.24) is 0 Å². The van der Waals surface area contributed by atoms with E-state index in [9.17, 15) is 9.90 Å². The maximum absolute atomic E-state index is 11.8. The highest BCUT2D eigenvalue weighted by molar-refractivity contribution is 6.04. The number of aliphatic hydroxyl groups is 1. The van der Waals surface area contributed by atoms with Gasteiger partial charge in [-0.15, -0.1) is 0 Å². The van der Waals surface area contributed by atoms with Gasteiger partial charge in [-0.3, -0.25) is 4.79 Å². The first-order chi connectivity index (χ1) is 8.74. The molecule has 0 aliphatic rings. The van der Waals surface area contributed by atoms with E-state index in [4.69, 9.17) is 0 Å². The van der Waals surface area contributed by atoms with E-state index < -0.39 is 0 Å². The molecule has 98 valence electrons. The van der Waals surface area contributed by atoms with Gasteiger partial charge >= 0.3 is 0 Å². The van der Waals surface area contributed by atoms with Crippen LogP contribution in [0.2, 0.25) is 0 Å². The summed E-state index contributed by atoms with van der Waals surface area (Å²) in [6.45, 7) is 2.18. The number of unbranched alkanes of at least 4 members (excludes halogenated alkanes) is 4. The lowest BCUT2D eigenvalue weighted by Gasteiger charge is -2.01. The van der Waals surface area contributed by atoms with Crippen molar-refractivity contribution in [2.75, 3.05) is 0 Å². The van der Waals surface area contributed by atoms with Crippen LogP contribution in [0.4, 0.5) is 0 Å². The van der Waals surface area contributed by atoms with Gasteiger partial charge in [0.15, 0.2) is 5.78 Å². The fourth-order valence-corrected chi connectivity index (χ4v) is 1.82. The van der Waals surface area contributed by atoms with Gasteiger partial charge in [-0.1, -0.05) is 62.9 Å². The van der Waals surface area contributed by atoms with E-state index in [1.54, 1.807) is 12.1 Å². The number of ketones is 1. The Hall–Kier alpha value is -1.57. The van der Waals surface area contributed by atoms with Gasteiger partial charge in [0.1, 0.15) is 0 Å². The summed E-state index contributed by atoms with van der Waals surface area (Å²) in [5.74, 6) is 0.0713. The molecule has 0 aliphatic heterocycles. The average molecular weight is 246 g/mol. The van der Waals surface area contributed by atoms with E-state index in [1.807, 2.05) is 18.2 Å². The highest BCUT2D eigenvalue weighted by atomic mass is 16.3. The summed E-state index contributed by atoms with van der Waals surface area (Å²) >= 11 is 0. The molecule has 0 heterocycles. The predicted octanol–water partition coefficient (Wildman–Crippen LogP) is 4.67. The molecule has 0 fully saturated rings. The second kappa shape index (κ2) is 8.51. The lowest BCUT2D eigenvalue weighted by molar-refractivity contribution is 0.104. The molecule has 1 N–H and O–H groups in total. The summed E-state index contributed by atoms with van der Waals surface area (Å²) in [6.07, 6.45) is 7.67. The lowest BCUT2D eigenvalue weighted by atomic mass is 10.1. The van der Waals surface area contributed by atoms with Crippen molar-refractivity contribution in [1.29, 1.82) is 0 Å². The van der Waals surface area contributed by atoms with Gasteiger partial charge in [0.2, 0.25) is 0 Å². The van der Waals surface area contributed by atoms with Crippen molar-refractivity contribution in [2.24, 2.45) is 0 Å². The average Bonchev–Trinajstić information content (AvgIpc) is 2.39. The number of allylic oxidation sites excluding steroid dienone is 2. The van der Waals surface area contributed by atoms with E-state index in [2.05, 4.69) is 6.92 Å². The Balaban J connectivity index is 2.34. The SMILES string of the molecule is CCCCCCC/C(O)=C/C(=O)c1ccccc1. The summed E-state index contributed by atoms with van der Waals surface area (Å²) in [6, 6.07) is 9.03. The maximum Gasteiger partial charge on any atom is 0.189 e. The number of carbonyl (C=O) groups is 1. The van der Waals surface area contributed by atoms with Gasteiger partial charge in [-0.25, -0.2) is 0 Å². The van der Waals surface area contributed by atoms with Crippen LogP contribution in [0.3, 0.4) is 0 Å². The molecule has 0 saturated heterocycles. The molecule has 18 heavy (non-hydrogen) atoms. The van der Waals surface area contributed by atoms with Gasteiger partial charge in [0.05, 0.1) is 5.76 Å². The Labute approximate surface area is 109 Å². The molecular weight excluding hydrogens is 224 g/mol. The molecule has 1 aromatic carbocycles. The minimum Gasteiger partial charge on any atom is -0.512 e. The fraction of sp³-hybridized carbons (Fsp3) is 0.438. The van der Waals surface area contributed by atoms with Gasteiger partial charge in [0, 0.05) is 18.1 Å². The number of hydrogen-bond acceptors (Lipinski definition) is 2. The molecule has 0 atom stereocenters. The van der Waals surface area contributed by atoms with Crippen molar-refractivity contribution in [2.45, 2.75) is 45.4 Å². The summed E-state index contributed by atoms with van der Waals surface area (Å²) in [7, 11) is 0. The highest BCUT2D eigenvalue weighted by Crippen LogP contribution is 2.10. The van der Waals surface area contributed by atoms with E-state index >= 15 is 0 Å². The molecule has 2 heteroatoms. The first kappa shape index (κ1) is 14.5. The van der Waals surface area contributed by atoms with Crippen LogP contribution in [-0.4, -0.2) is 10.9 Å². The Morgan fingerprint density at radius 3 is 2.44 bits per heavy atom. The Morgan fingerprint density at radius 1 is 1.11 bits per heavy atom. The summed E-state index contributed by atoms with van der Waals surface area (Å²) in [5, 5.41) is 9.68. The zero-order chi connectivity index (χ0) is 13.2. The topological polar surface area (TPSA) is 37.3 Å². The number of benzene rings is 1. The van der Waals surface area contributed by atoms with Crippen LogP contribution in [0.25, 0.3) is 0 Å². The smallest absolute Gasteiger partial charge is 0.189 e. The van der Waals surface area contributed by atoms with Crippen LogP contribution in [0.5, 0.6) is 0 Å². The monoisotopic (exact) mass is 246 g/mol. The van der Waals surface area contributed by atoms with Crippen molar-refractivity contribution < 1.29 is 9.90 Å². The van der Waals surface area contributed by atoms with Crippen molar-refractivity contribution in [3.05, 3.63) is 47.7 Å². The van der Waals surface area contributed by atoms with Gasteiger partial charge in [0.25, 0.3) is 0 Å². The number of rotatable bonds is 8. The van der Waals surface area contributed by atoms with Crippen molar-refractivity contribution in [3.8, 4) is 0 Å². The molecule has 1 rings (SSSR count). The third-order valence-electron chi connectivity index (χ3n) is 2.89. The van der Waals surface area contributed by atoms with Gasteiger partial charge in [-0.05, 0) is 6.42 Å². The molecule has 0 saturated carbocycles. The lowest BCUT2D eigenvalue weighted by Crippen LogP contribution is -1.96. The van der Waals surface area contributed by atoms with Crippen LogP contribution in [-0.2, 0) is 0 Å². The molecule has 0 unspecified atom stereocenters. The van der Waals surface area contributed by atoms with E-state index in [-0.39, 0.29) is 11.5 Å². The standard InChI is InChI=1S/C16H22O2/c1-2-3-4-5-9-12-15(17)13-16(18)14-10-7-6-8-11-14/h6-8,10-11,13,17H,2-5,9,12H2,1H3/b15-13-. The third kappa shape index (κ3) is 5.67. The number of aliphatic hydroxyl groups excluding tert-OH is 1. The van der Waals surface area contributed by atoms with E-state index in [0.717, 1.165) is 12.8 Å². The zero-order valence-electron chi connectivity index (χ0n) is 11.1. The minimum absolute atomic E-state index is 0.123. The van der Waals surface area contributed by atoms with E-state index in [1.165, 1.54) is 25.3 Å². The summed E-state index contributed by atoms with van der Waals surface area (Å²) in [4.78, 5) is 11.8. The minimum atomic E-state index is -0.123. The Bertz CT molecular complexity index is 379. The number of carbonyl (C=O) groups excluding carboxylic acids is 1. The second-order valence-electron chi connectivity index (χ2n) is 4.53. The van der Waals surface area contributed by atoms with Crippen molar-refractivity contribution >= 4 is 5.78 Å². The van der Waals surface area contributed by atoms with Crippen LogP contribution in [0.15, 0.2) is 42.2 Å². The quantitative estimate of drug-likeness (QED) is 0.313. The molecular formula is C16H22O2. The fourth-order valence-electron chi connectivity index (χ4n) is 1.82. The second-order valence-corrected chi connectivity index (χ2v) is 4.53. The Morgan fingerprint density at radius 2 is 1.78 bits per heavy atom. The molecule has 0 radical (unpaired) electrons. The maximum atomic E-state index is 11.8. The highest BCUT2D eigenvalue weighted by Gasteiger charge is 2.03. The molecule has 2 nitrogen and oxygen atoms in total. The number of hydrogen-bond donors (Lipinski definition) is 1. The molecule has 0 aromatic heterocycles. The normalized spacial score (nSPS) is 11.5. The molecule has 0 aliphatic carbocycles. The first-order valence-electron chi connectivity index (χ1n) is 6.73. The molecule has 1 aromatic rings. The van der Waals surface area contributed by atoms with Crippen LogP contribution >= 0.6 is 0 Å². The predicted molar refractivity (Wildman–Crippen MR) is 74.9 cm³/mol. The summed E-state index contributed by atoms with van der Waals surface area (Å²) < 4.78 is 0.